The fourth-order valence-electron chi connectivity index (χ4n) is 3.40. The Hall–Kier alpha value is -3.00. The van der Waals surface area contributed by atoms with Gasteiger partial charge in [-0.15, -0.1) is 11.3 Å². The number of benzene rings is 1. The van der Waals surface area contributed by atoms with Crippen molar-refractivity contribution < 1.29 is 18.5 Å². The van der Waals surface area contributed by atoms with E-state index in [1.807, 2.05) is 0 Å². The number of carbonyl (C=O) groups is 2. The normalized spacial score (nSPS) is 15.9. The van der Waals surface area contributed by atoms with Crippen molar-refractivity contribution in [3.63, 3.8) is 0 Å². The van der Waals surface area contributed by atoms with Crippen LogP contribution in [0.4, 0.5) is 9.39 Å². The van der Waals surface area contributed by atoms with Gasteiger partial charge in [-0.05, 0) is 55.0 Å². The van der Waals surface area contributed by atoms with Crippen molar-refractivity contribution in [2.24, 2.45) is 11.7 Å². The molecule has 0 spiro atoms. The highest BCUT2D eigenvalue weighted by Gasteiger charge is 2.28. The number of amides is 2. The Morgan fingerprint density at radius 2 is 2.07 bits per heavy atom. The lowest BCUT2D eigenvalue weighted by Gasteiger charge is -2.18. The number of carbonyl (C=O) groups excluding carboxylic acids is 2. The molecule has 0 radical (unpaired) electrons. The number of nitrogens with two attached hydrogens (primary N) is 1. The van der Waals surface area contributed by atoms with Gasteiger partial charge >= 0.3 is 0 Å². The zero-order valence-electron chi connectivity index (χ0n) is 15.1. The van der Waals surface area contributed by atoms with Gasteiger partial charge in [-0.3, -0.25) is 9.59 Å². The predicted octanol–water partition coefficient (Wildman–Crippen LogP) is 4.02. The van der Waals surface area contributed by atoms with Crippen molar-refractivity contribution in [2.45, 2.75) is 26.2 Å². The second kappa shape index (κ2) is 7.20. The molecule has 0 saturated carbocycles. The third kappa shape index (κ3) is 3.43. The van der Waals surface area contributed by atoms with Crippen LogP contribution in [0.2, 0.25) is 0 Å². The van der Waals surface area contributed by atoms with Crippen molar-refractivity contribution in [3.8, 4) is 11.3 Å². The summed E-state index contributed by atoms with van der Waals surface area (Å²) in [5.74, 6) is -0.527. The summed E-state index contributed by atoms with van der Waals surface area (Å²) in [5, 5.41) is 6.98. The molecule has 1 aliphatic rings. The Bertz CT molecular complexity index is 1060. The average molecular weight is 399 g/mol. The summed E-state index contributed by atoms with van der Waals surface area (Å²) in [6.07, 6.45) is 2.64. The molecule has 28 heavy (non-hydrogen) atoms. The number of aromatic nitrogens is 1. The lowest BCUT2D eigenvalue weighted by Crippen LogP contribution is -2.19. The molecule has 2 heterocycles. The molecule has 0 unspecified atom stereocenters. The van der Waals surface area contributed by atoms with Crippen LogP contribution >= 0.6 is 11.3 Å². The average Bonchev–Trinajstić information content (AvgIpc) is 3.26. The fourth-order valence-corrected chi connectivity index (χ4v) is 4.81. The number of nitrogens with one attached hydrogen (secondary N) is 1. The summed E-state index contributed by atoms with van der Waals surface area (Å²) in [6.45, 7) is 2.16. The molecule has 3 aromatic rings. The summed E-state index contributed by atoms with van der Waals surface area (Å²) < 4.78 is 18.3. The summed E-state index contributed by atoms with van der Waals surface area (Å²) in [6, 6.07) is 7.15. The van der Waals surface area contributed by atoms with Crippen LogP contribution < -0.4 is 11.1 Å². The molecule has 144 valence electrons. The molecule has 0 aliphatic heterocycles. The maximum atomic E-state index is 13.1. The molecule has 1 aliphatic carbocycles. The maximum absolute atomic E-state index is 13.1. The highest BCUT2D eigenvalue weighted by atomic mass is 32.1. The standard InChI is InChI=1S/C20H18FN3O3S/c1-10-2-7-13-16(8-10)28-20(17(13)18(22)25)23-19(26)14-9-15(27-24-14)11-3-5-12(21)6-4-11/h3-6,9-10H,2,7-8H2,1H3,(H2,22,25)(H,23,26)/t10-/m0/s1. The zero-order valence-corrected chi connectivity index (χ0v) is 15.9. The minimum atomic E-state index is -0.547. The number of anilines is 1. The van der Waals surface area contributed by atoms with Gasteiger partial charge in [-0.2, -0.15) is 0 Å². The van der Waals surface area contributed by atoms with Gasteiger partial charge in [0, 0.05) is 16.5 Å². The first kappa shape index (κ1) is 18.4. The lowest BCUT2D eigenvalue weighted by atomic mass is 9.88. The first-order chi connectivity index (χ1) is 13.4. The van der Waals surface area contributed by atoms with Crippen LogP contribution in [-0.2, 0) is 12.8 Å². The highest BCUT2D eigenvalue weighted by molar-refractivity contribution is 7.17. The second-order valence-electron chi connectivity index (χ2n) is 6.96. The third-order valence-corrected chi connectivity index (χ3v) is 6.03. The van der Waals surface area contributed by atoms with Gasteiger partial charge in [-0.25, -0.2) is 4.39 Å². The fraction of sp³-hybridized carbons (Fsp3) is 0.250. The Labute approximate surface area is 164 Å². The molecular weight excluding hydrogens is 381 g/mol. The SMILES string of the molecule is C[C@H]1CCc2c(sc(NC(=O)c3cc(-c4ccc(F)cc4)on3)c2C(N)=O)C1. The second-order valence-corrected chi connectivity index (χ2v) is 8.06. The minimum Gasteiger partial charge on any atom is -0.365 e. The zero-order chi connectivity index (χ0) is 19.8. The molecule has 6 nitrogen and oxygen atoms in total. The molecule has 2 aromatic heterocycles. The van der Waals surface area contributed by atoms with E-state index in [9.17, 15) is 14.0 Å². The van der Waals surface area contributed by atoms with Crippen molar-refractivity contribution in [1.82, 2.24) is 5.16 Å². The Kier molecular flexibility index (Phi) is 4.72. The van der Waals surface area contributed by atoms with E-state index in [1.165, 1.54) is 41.7 Å². The number of primary amides is 1. The first-order valence-corrected chi connectivity index (χ1v) is 9.72. The maximum Gasteiger partial charge on any atom is 0.278 e. The number of nitrogens with zero attached hydrogens (tertiary/aromatic N) is 1. The van der Waals surface area contributed by atoms with E-state index in [1.54, 1.807) is 0 Å². The molecule has 4 rings (SSSR count). The van der Waals surface area contributed by atoms with Crippen LogP contribution in [0.15, 0.2) is 34.9 Å². The van der Waals surface area contributed by atoms with E-state index < -0.39 is 11.8 Å². The van der Waals surface area contributed by atoms with Crippen molar-refractivity contribution in [2.75, 3.05) is 5.32 Å². The number of hydrogen-bond acceptors (Lipinski definition) is 5. The van der Waals surface area contributed by atoms with E-state index in [-0.39, 0.29) is 11.5 Å². The molecular formula is C20H18FN3O3S. The lowest BCUT2D eigenvalue weighted by molar-refractivity contribution is 0.1000. The highest BCUT2D eigenvalue weighted by Crippen LogP contribution is 2.39. The Morgan fingerprint density at radius 3 is 2.79 bits per heavy atom. The van der Waals surface area contributed by atoms with Crippen LogP contribution in [0, 0.1) is 11.7 Å². The topological polar surface area (TPSA) is 98.2 Å². The largest absolute Gasteiger partial charge is 0.365 e. The molecule has 3 N–H and O–H groups in total. The van der Waals surface area contributed by atoms with E-state index in [0.717, 1.165) is 29.7 Å². The molecule has 2 amide bonds. The van der Waals surface area contributed by atoms with Gasteiger partial charge in [0.2, 0.25) is 0 Å². The van der Waals surface area contributed by atoms with Crippen LogP contribution in [0.25, 0.3) is 11.3 Å². The third-order valence-electron chi connectivity index (χ3n) is 4.86. The van der Waals surface area contributed by atoms with Gasteiger partial charge in [0.15, 0.2) is 11.5 Å². The van der Waals surface area contributed by atoms with Crippen molar-refractivity contribution in [1.29, 1.82) is 0 Å². The minimum absolute atomic E-state index is 0.0643. The van der Waals surface area contributed by atoms with Gasteiger partial charge < -0.3 is 15.6 Å². The number of hydrogen-bond donors (Lipinski definition) is 2. The summed E-state index contributed by atoms with van der Waals surface area (Å²) in [7, 11) is 0. The summed E-state index contributed by atoms with van der Waals surface area (Å²) >= 11 is 1.39. The van der Waals surface area contributed by atoms with Crippen LogP contribution in [0.1, 0.15) is 44.6 Å². The van der Waals surface area contributed by atoms with Gasteiger partial charge in [-0.1, -0.05) is 12.1 Å². The van der Waals surface area contributed by atoms with E-state index >= 15 is 0 Å². The number of rotatable bonds is 4. The van der Waals surface area contributed by atoms with Gasteiger partial charge in [0.05, 0.1) is 5.56 Å². The molecule has 8 heteroatoms. The number of thiophene rings is 1. The monoisotopic (exact) mass is 399 g/mol. The smallest absolute Gasteiger partial charge is 0.278 e. The van der Waals surface area contributed by atoms with Crippen LogP contribution in [0.3, 0.4) is 0 Å². The van der Waals surface area contributed by atoms with Gasteiger partial charge in [0.1, 0.15) is 10.8 Å². The molecule has 1 aromatic carbocycles. The number of fused-ring (bicyclic) bond motifs is 1. The van der Waals surface area contributed by atoms with E-state index in [0.29, 0.717) is 27.8 Å². The number of halogens is 1. The Balaban J connectivity index is 1.59. The quantitative estimate of drug-likeness (QED) is 0.692. The van der Waals surface area contributed by atoms with E-state index in [2.05, 4.69) is 17.4 Å². The molecule has 0 saturated heterocycles. The van der Waals surface area contributed by atoms with Gasteiger partial charge in [0.25, 0.3) is 11.8 Å². The Morgan fingerprint density at radius 1 is 1.32 bits per heavy atom. The molecule has 0 fully saturated rings. The van der Waals surface area contributed by atoms with Crippen molar-refractivity contribution >= 4 is 28.2 Å². The summed E-state index contributed by atoms with van der Waals surface area (Å²) in [5.41, 5.74) is 7.58. The van der Waals surface area contributed by atoms with Crippen molar-refractivity contribution in [3.05, 3.63) is 57.8 Å². The van der Waals surface area contributed by atoms with E-state index in [4.69, 9.17) is 10.3 Å². The van der Waals surface area contributed by atoms with Crippen LogP contribution in [-0.4, -0.2) is 17.0 Å². The summed E-state index contributed by atoms with van der Waals surface area (Å²) in [4.78, 5) is 25.7. The molecule has 1 atom stereocenters. The molecule has 0 bridgehead atoms. The van der Waals surface area contributed by atoms with Crippen LogP contribution in [0.5, 0.6) is 0 Å². The predicted molar refractivity (Wildman–Crippen MR) is 104 cm³/mol. The first-order valence-electron chi connectivity index (χ1n) is 8.90.